The molecule has 2 aromatic heterocycles. The number of rotatable bonds is 5. The summed E-state index contributed by atoms with van der Waals surface area (Å²) in [6.45, 7) is 6.40. The molecule has 24 heavy (non-hydrogen) atoms. The molecule has 2 heterocycles. The summed E-state index contributed by atoms with van der Waals surface area (Å²) in [4.78, 5) is 11.0. The minimum atomic E-state index is -0.275. The van der Waals surface area contributed by atoms with Gasteiger partial charge in [0, 0.05) is 17.5 Å². The van der Waals surface area contributed by atoms with Crippen LogP contribution in [-0.4, -0.2) is 27.1 Å². The van der Waals surface area contributed by atoms with Crippen molar-refractivity contribution >= 4 is 11.3 Å². The molecule has 5 nitrogen and oxygen atoms in total. The van der Waals surface area contributed by atoms with Crippen LogP contribution < -0.4 is 0 Å². The summed E-state index contributed by atoms with van der Waals surface area (Å²) in [6, 6.07) is 4.86. The molecule has 3 aromatic rings. The van der Waals surface area contributed by atoms with Crippen LogP contribution in [0.3, 0.4) is 0 Å². The second-order valence-corrected chi connectivity index (χ2v) is 6.93. The van der Waals surface area contributed by atoms with Crippen molar-refractivity contribution in [3.05, 3.63) is 51.6 Å². The molecule has 3 rings (SSSR count). The Morgan fingerprint density at radius 1 is 1.29 bits per heavy atom. The topological polar surface area (TPSA) is 55.1 Å². The van der Waals surface area contributed by atoms with Gasteiger partial charge in [0.2, 0.25) is 11.7 Å². The number of aromatic nitrogens is 3. The van der Waals surface area contributed by atoms with Crippen molar-refractivity contribution in [1.82, 2.24) is 20.0 Å². The molecule has 0 N–H and O–H groups in total. The predicted molar refractivity (Wildman–Crippen MR) is 91.2 cm³/mol. The first-order chi connectivity index (χ1) is 11.4. The molecule has 0 saturated carbocycles. The van der Waals surface area contributed by atoms with Crippen LogP contribution in [0.1, 0.15) is 35.1 Å². The van der Waals surface area contributed by atoms with Gasteiger partial charge in [0.05, 0.1) is 16.7 Å². The monoisotopic (exact) mass is 346 g/mol. The van der Waals surface area contributed by atoms with Gasteiger partial charge in [-0.25, -0.2) is 9.37 Å². The highest BCUT2D eigenvalue weighted by molar-refractivity contribution is 7.09. The fourth-order valence-electron chi connectivity index (χ4n) is 2.32. The van der Waals surface area contributed by atoms with Crippen LogP contribution in [0.5, 0.6) is 0 Å². The highest BCUT2D eigenvalue weighted by Gasteiger charge is 2.20. The SMILES string of the molecule is Cc1nc(CN(C)C(C)c2nc(-c3ccc(C)c(F)c3)no2)cs1. The van der Waals surface area contributed by atoms with Crippen molar-refractivity contribution in [2.45, 2.75) is 33.4 Å². The Hall–Kier alpha value is -2.12. The summed E-state index contributed by atoms with van der Waals surface area (Å²) in [6.07, 6.45) is 0. The Balaban J connectivity index is 1.75. The van der Waals surface area contributed by atoms with Crippen LogP contribution >= 0.6 is 11.3 Å². The van der Waals surface area contributed by atoms with Gasteiger partial charge in [-0.1, -0.05) is 17.3 Å². The number of hydrogen-bond acceptors (Lipinski definition) is 6. The van der Waals surface area contributed by atoms with E-state index in [9.17, 15) is 4.39 Å². The van der Waals surface area contributed by atoms with E-state index in [2.05, 4.69) is 20.0 Å². The van der Waals surface area contributed by atoms with E-state index in [0.717, 1.165) is 10.7 Å². The fourth-order valence-corrected chi connectivity index (χ4v) is 2.92. The molecule has 0 aliphatic heterocycles. The summed E-state index contributed by atoms with van der Waals surface area (Å²) in [5, 5.41) is 7.08. The Bertz CT molecular complexity index is 845. The minimum absolute atomic E-state index is 0.0662. The maximum Gasteiger partial charge on any atom is 0.244 e. The average Bonchev–Trinajstić information content (AvgIpc) is 3.18. The van der Waals surface area contributed by atoms with Crippen LogP contribution in [0.2, 0.25) is 0 Å². The van der Waals surface area contributed by atoms with E-state index in [1.807, 2.05) is 26.3 Å². The molecule has 1 atom stereocenters. The number of nitrogens with zero attached hydrogens (tertiary/aromatic N) is 4. The van der Waals surface area contributed by atoms with Crippen molar-refractivity contribution in [2.24, 2.45) is 0 Å². The molecule has 0 spiro atoms. The quantitative estimate of drug-likeness (QED) is 0.695. The lowest BCUT2D eigenvalue weighted by Crippen LogP contribution is -2.22. The zero-order valence-electron chi connectivity index (χ0n) is 14.1. The number of thiazole rings is 1. The van der Waals surface area contributed by atoms with Gasteiger partial charge in [0.25, 0.3) is 0 Å². The van der Waals surface area contributed by atoms with Gasteiger partial charge in [0.1, 0.15) is 5.82 Å². The molecule has 0 aliphatic carbocycles. The third-order valence-electron chi connectivity index (χ3n) is 3.97. The number of benzene rings is 1. The number of hydrogen-bond donors (Lipinski definition) is 0. The second kappa shape index (κ2) is 6.78. The first-order valence-corrected chi connectivity index (χ1v) is 8.53. The smallest absolute Gasteiger partial charge is 0.244 e. The van der Waals surface area contributed by atoms with Crippen LogP contribution in [0.15, 0.2) is 28.1 Å². The van der Waals surface area contributed by atoms with Crippen molar-refractivity contribution in [2.75, 3.05) is 7.05 Å². The molecule has 7 heteroatoms. The molecule has 0 bridgehead atoms. The Kier molecular flexibility index (Phi) is 4.73. The van der Waals surface area contributed by atoms with Gasteiger partial charge in [-0.2, -0.15) is 4.98 Å². The zero-order valence-corrected chi connectivity index (χ0v) is 14.9. The summed E-state index contributed by atoms with van der Waals surface area (Å²) in [5.74, 6) is 0.622. The van der Waals surface area contributed by atoms with Gasteiger partial charge in [-0.3, -0.25) is 4.90 Å². The van der Waals surface area contributed by atoms with Gasteiger partial charge >= 0.3 is 0 Å². The summed E-state index contributed by atoms with van der Waals surface area (Å²) < 4.78 is 19.1. The summed E-state index contributed by atoms with van der Waals surface area (Å²) in [5.41, 5.74) is 2.22. The molecule has 0 aliphatic rings. The van der Waals surface area contributed by atoms with E-state index >= 15 is 0 Å². The standard InChI is InChI=1S/C17H19FN4OS/c1-10-5-6-13(7-15(10)18)16-20-17(23-21-16)11(2)22(4)8-14-9-24-12(3)19-14/h5-7,9,11H,8H2,1-4H3. The molecule has 0 fully saturated rings. The van der Waals surface area contributed by atoms with E-state index in [0.29, 0.717) is 29.4 Å². The average molecular weight is 346 g/mol. The normalized spacial score (nSPS) is 12.8. The Morgan fingerprint density at radius 2 is 2.08 bits per heavy atom. The van der Waals surface area contributed by atoms with Crippen molar-refractivity contribution < 1.29 is 8.91 Å². The van der Waals surface area contributed by atoms with Gasteiger partial charge in [-0.05, 0) is 39.4 Å². The van der Waals surface area contributed by atoms with Crippen molar-refractivity contribution in [3.63, 3.8) is 0 Å². The molecule has 1 unspecified atom stereocenters. The molecule has 0 saturated heterocycles. The Labute approximate surface area is 144 Å². The molecule has 1 aromatic carbocycles. The van der Waals surface area contributed by atoms with Crippen molar-refractivity contribution in [1.29, 1.82) is 0 Å². The van der Waals surface area contributed by atoms with Crippen LogP contribution in [-0.2, 0) is 6.54 Å². The van der Waals surface area contributed by atoms with E-state index in [1.165, 1.54) is 6.07 Å². The molecule has 126 valence electrons. The number of aryl methyl sites for hydroxylation is 2. The van der Waals surface area contributed by atoms with Gasteiger partial charge < -0.3 is 4.52 Å². The van der Waals surface area contributed by atoms with Gasteiger partial charge in [-0.15, -0.1) is 11.3 Å². The van der Waals surface area contributed by atoms with Crippen LogP contribution in [0.25, 0.3) is 11.4 Å². The molecule has 0 radical (unpaired) electrons. The second-order valence-electron chi connectivity index (χ2n) is 5.87. The Morgan fingerprint density at radius 3 is 2.75 bits per heavy atom. The highest BCUT2D eigenvalue weighted by Crippen LogP contribution is 2.24. The van der Waals surface area contributed by atoms with E-state index in [4.69, 9.17) is 4.52 Å². The lowest BCUT2D eigenvalue weighted by atomic mass is 10.1. The van der Waals surface area contributed by atoms with E-state index < -0.39 is 0 Å². The van der Waals surface area contributed by atoms with Crippen molar-refractivity contribution in [3.8, 4) is 11.4 Å². The summed E-state index contributed by atoms with van der Waals surface area (Å²) >= 11 is 1.63. The molecule has 0 amide bonds. The molecular formula is C17H19FN4OS. The van der Waals surface area contributed by atoms with E-state index in [-0.39, 0.29) is 11.9 Å². The highest BCUT2D eigenvalue weighted by atomic mass is 32.1. The van der Waals surface area contributed by atoms with Crippen LogP contribution in [0.4, 0.5) is 4.39 Å². The number of halogens is 1. The van der Waals surface area contributed by atoms with Gasteiger partial charge in [0.15, 0.2) is 0 Å². The maximum absolute atomic E-state index is 13.7. The first kappa shape index (κ1) is 16.7. The zero-order chi connectivity index (χ0) is 17.3. The molecular weight excluding hydrogens is 327 g/mol. The lowest BCUT2D eigenvalue weighted by Gasteiger charge is -2.20. The third-order valence-corrected chi connectivity index (χ3v) is 4.79. The maximum atomic E-state index is 13.7. The third kappa shape index (κ3) is 3.52. The van der Waals surface area contributed by atoms with E-state index in [1.54, 1.807) is 30.4 Å². The largest absolute Gasteiger partial charge is 0.337 e. The first-order valence-electron chi connectivity index (χ1n) is 7.65. The fraction of sp³-hybridized carbons (Fsp3) is 0.353. The summed E-state index contributed by atoms with van der Waals surface area (Å²) in [7, 11) is 1.98. The lowest BCUT2D eigenvalue weighted by molar-refractivity contribution is 0.201. The minimum Gasteiger partial charge on any atom is -0.337 e. The predicted octanol–water partition coefficient (Wildman–Crippen LogP) is 4.14. The van der Waals surface area contributed by atoms with Crippen LogP contribution in [0, 0.1) is 19.7 Å².